The molecule has 2 aliphatic rings. The Bertz CT molecular complexity index is 552. The van der Waals surface area contributed by atoms with Crippen LogP contribution >= 0.6 is 0 Å². The highest BCUT2D eigenvalue weighted by Gasteiger charge is 2.43. The number of β-amino-alcohol motifs (C(OH)–C–C–N with tert-alkyl or cyclic N) is 1. The molecule has 5 nitrogen and oxygen atoms in total. The largest absolute Gasteiger partial charge is 0.494 e. The Hall–Kier alpha value is -1.56. The van der Waals surface area contributed by atoms with E-state index in [4.69, 9.17) is 9.47 Å². The lowest BCUT2D eigenvalue weighted by Crippen LogP contribution is -2.52. The number of carbonyl (C=O) groups is 1. The van der Waals surface area contributed by atoms with Crippen LogP contribution in [0.4, 0.5) is 9.18 Å². The lowest BCUT2D eigenvalue weighted by Gasteiger charge is -2.45. The van der Waals surface area contributed by atoms with Crippen LogP contribution in [0.15, 0.2) is 23.7 Å². The van der Waals surface area contributed by atoms with Gasteiger partial charge in [-0.2, -0.15) is 0 Å². The average molecular weight is 341 g/mol. The summed E-state index contributed by atoms with van der Waals surface area (Å²) in [5.74, 6) is -0.186. The molecule has 0 aromatic rings. The fraction of sp³-hybridized carbons (Fsp3) is 0.722. The molecule has 2 rings (SSSR count). The monoisotopic (exact) mass is 341 g/mol. The second-order valence-electron chi connectivity index (χ2n) is 7.88. The number of methoxy groups -OCH3 is 1. The molecular weight excluding hydrogens is 313 g/mol. The number of nitrogens with zero attached hydrogens (tertiary/aromatic N) is 1. The first kappa shape index (κ1) is 18.8. The molecule has 0 spiro atoms. The Morgan fingerprint density at radius 1 is 1.46 bits per heavy atom. The van der Waals surface area contributed by atoms with Gasteiger partial charge >= 0.3 is 6.09 Å². The molecular formula is C18H28FNO4. The first-order valence-corrected chi connectivity index (χ1v) is 8.33. The number of hydrogen-bond acceptors (Lipinski definition) is 4. The van der Waals surface area contributed by atoms with Crippen molar-refractivity contribution in [1.82, 2.24) is 4.90 Å². The molecule has 0 bridgehead atoms. The van der Waals surface area contributed by atoms with E-state index in [2.05, 4.69) is 0 Å². The van der Waals surface area contributed by atoms with Gasteiger partial charge in [0.2, 0.25) is 0 Å². The van der Waals surface area contributed by atoms with Crippen molar-refractivity contribution in [3.63, 3.8) is 0 Å². The van der Waals surface area contributed by atoms with Crippen LogP contribution in [-0.4, -0.2) is 48.0 Å². The zero-order chi connectivity index (χ0) is 18.1. The molecule has 1 heterocycles. The second-order valence-corrected chi connectivity index (χ2v) is 7.88. The van der Waals surface area contributed by atoms with Gasteiger partial charge in [-0.3, -0.25) is 0 Å². The van der Waals surface area contributed by atoms with Gasteiger partial charge in [-0.05, 0) is 44.6 Å². The molecule has 1 aliphatic carbocycles. The van der Waals surface area contributed by atoms with Crippen molar-refractivity contribution in [3.05, 3.63) is 23.7 Å². The Balaban J connectivity index is 2.03. The minimum Gasteiger partial charge on any atom is -0.494 e. The quantitative estimate of drug-likeness (QED) is 0.836. The standard InChI is InChI=1S/C18H28FNO4/c1-17(2,3)24-16(22)20-9-7-12(14(21)11-20)18(4)8-6-15(23-5)13(19)10-18/h6,8,12,14,21H,7,9-11H2,1-5H3/t12-,14-,18?/m1/s1. The molecule has 136 valence electrons. The summed E-state index contributed by atoms with van der Waals surface area (Å²) in [5.41, 5.74) is -1.06. The zero-order valence-corrected chi connectivity index (χ0v) is 15.1. The van der Waals surface area contributed by atoms with Crippen molar-refractivity contribution >= 4 is 6.09 Å². The maximum Gasteiger partial charge on any atom is 0.410 e. The van der Waals surface area contributed by atoms with E-state index in [0.29, 0.717) is 13.0 Å². The van der Waals surface area contributed by atoms with Crippen LogP contribution < -0.4 is 0 Å². The number of carbonyl (C=O) groups excluding carboxylic acids is 1. The van der Waals surface area contributed by atoms with Crippen molar-refractivity contribution < 1.29 is 23.8 Å². The van der Waals surface area contributed by atoms with Gasteiger partial charge in [0.1, 0.15) is 17.2 Å². The van der Waals surface area contributed by atoms with Crippen LogP contribution in [0.3, 0.4) is 0 Å². The molecule has 1 N–H and O–H groups in total. The summed E-state index contributed by atoms with van der Waals surface area (Å²) in [6, 6.07) is 0. The van der Waals surface area contributed by atoms with E-state index in [0.717, 1.165) is 0 Å². The predicted molar refractivity (Wildman–Crippen MR) is 88.9 cm³/mol. The lowest BCUT2D eigenvalue weighted by molar-refractivity contribution is -0.0367. The van der Waals surface area contributed by atoms with E-state index in [1.54, 1.807) is 6.08 Å². The number of aliphatic hydroxyl groups excluding tert-OH is 1. The number of piperidine rings is 1. The Labute approximate surface area is 143 Å². The Morgan fingerprint density at radius 2 is 2.12 bits per heavy atom. The molecule has 1 unspecified atom stereocenters. The molecule has 1 aliphatic heterocycles. The van der Waals surface area contributed by atoms with Gasteiger partial charge in [-0.15, -0.1) is 0 Å². The van der Waals surface area contributed by atoms with E-state index >= 15 is 0 Å². The summed E-state index contributed by atoms with van der Waals surface area (Å²) in [6.07, 6.45) is 3.19. The molecule has 24 heavy (non-hydrogen) atoms. The number of ether oxygens (including phenoxy) is 2. The fourth-order valence-corrected chi connectivity index (χ4v) is 3.46. The summed E-state index contributed by atoms with van der Waals surface area (Å²) in [5, 5.41) is 10.6. The summed E-state index contributed by atoms with van der Waals surface area (Å²) in [6.45, 7) is 8.06. The molecule has 1 amide bonds. The minimum atomic E-state index is -0.724. The summed E-state index contributed by atoms with van der Waals surface area (Å²) < 4.78 is 24.5. The van der Waals surface area contributed by atoms with Crippen LogP contribution in [0.1, 0.15) is 40.5 Å². The van der Waals surface area contributed by atoms with Gasteiger partial charge in [-0.25, -0.2) is 9.18 Å². The number of rotatable bonds is 2. The second kappa shape index (κ2) is 6.75. The van der Waals surface area contributed by atoms with Gasteiger partial charge in [-0.1, -0.05) is 13.0 Å². The maximum atomic E-state index is 14.2. The van der Waals surface area contributed by atoms with Gasteiger partial charge in [0.25, 0.3) is 0 Å². The number of likely N-dealkylation sites (tertiary alicyclic amines) is 1. The summed E-state index contributed by atoms with van der Waals surface area (Å²) in [4.78, 5) is 13.7. The Kier molecular flexibility index (Phi) is 5.28. The molecule has 0 radical (unpaired) electrons. The number of amides is 1. The molecule has 3 atom stereocenters. The number of aliphatic hydroxyl groups is 1. The van der Waals surface area contributed by atoms with E-state index < -0.39 is 23.2 Å². The lowest BCUT2D eigenvalue weighted by atomic mass is 9.67. The first-order chi connectivity index (χ1) is 11.1. The SMILES string of the molecule is COC1=C(F)CC(C)([C@@H]2CCN(C(=O)OC(C)(C)C)C[C@H]2O)C=C1. The molecule has 0 aromatic carbocycles. The average Bonchev–Trinajstić information content (AvgIpc) is 2.45. The Morgan fingerprint density at radius 3 is 2.62 bits per heavy atom. The van der Waals surface area contributed by atoms with Crippen LogP contribution in [0.25, 0.3) is 0 Å². The van der Waals surface area contributed by atoms with E-state index in [9.17, 15) is 14.3 Å². The van der Waals surface area contributed by atoms with Crippen LogP contribution in [-0.2, 0) is 9.47 Å². The van der Waals surface area contributed by atoms with Gasteiger partial charge in [0, 0.05) is 13.0 Å². The third-order valence-corrected chi connectivity index (χ3v) is 4.72. The van der Waals surface area contributed by atoms with Crippen molar-refractivity contribution in [2.45, 2.75) is 52.2 Å². The molecule has 6 heteroatoms. The van der Waals surface area contributed by atoms with E-state index in [1.165, 1.54) is 12.0 Å². The van der Waals surface area contributed by atoms with E-state index in [1.807, 2.05) is 33.8 Å². The highest BCUT2D eigenvalue weighted by Crippen LogP contribution is 2.45. The maximum absolute atomic E-state index is 14.2. The topological polar surface area (TPSA) is 59.0 Å². The molecule has 0 aromatic heterocycles. The van der Waals surface area contributed by atoms with Crippen LogP contribution in [0, 0.1) is 11.3 Å². The minimum absolute atomic E-state index is 0.128. The van der Waals surface area contributed by atoms with Crippen molar-refractivity contribution in [3.8, 4) is 0 Å². The van der Waals surface area contributed by atoms with Gasteiger partial charge in [0.15, 0.2) is 0 Å². The van der Waals surface area contributed by atoms with Crippen molar-refractivity contribution in [2.75, 3.05) is 20.2 Å². The van der Waals surface area contributed by atoms with E-state index in [-0.39, 0.29) is 30.5 Å². The van der Waals surface area contributed by atoms with Crippen molar-refractivity contribution in [1.29, 1.82) is 0 Å². The molecule has 0 saturated carbocycles. The van der Waals surface area contributed by atoms with Crippen molar-refractivity contribution in [2.24, 2.45) is 11.3 Å². The highest BCUT2D eigenvalue weighted by atomic mass is 19.1. The predicted octanol–water partition coefficient (Wildman–Crippen LogP) is 3.40. The third-order valence-electron chi connectivity index (χ3n) is 4.72. The normalized spacial score (nSPS) is 31.2. The third kappa shape index (κ3) is 4.09. The van der Waals surface area contributed by atoms with Crippen LogP contribution in [0.5, 0.6) is 0 Å². The van der Waals surface area contributed by atoms with Gasteiger partial charge in [0.05, 0.1) is 19.8 Å². The number of allylic oxidation sites excluding steroid dienone is 3. The zero-order valence-electron chi connectivity index (χ0n) is 15.1. The fourth-order valence-electron chi connectivity index (χ4n) is 3.46. The van der Waals surface area contributed by atoms with Crippen LogP contribution in [0.2, 0.25) is 0 Å². The smallest absolute Gasteiger partial charge is 0.410 e. The highest BCUT2D eigenvalue weighted by molar-refractivity contribution is 5.68. The first-order valence-electron chi connectivity index (χ1n) is 8.33. The molecule has 1 fully saturated rings. The molecule has 1 saturated heterocycles. The van der Waals surface area contributed by atoms with Gasteiger partial charge < -0.3 is 19.5 Å². The number of halogens is 1. The summed E-state index contributed by atoms with van der Waals surface area (Å²) >= 11 is 0. The number of hydrogen-bond donors (Lipinski definition) is 1. The summed E-state index contributed by atoms with van der Waals surface area (Å²) in [7, 11) is 1.44.